The fourth-order valence-corrected chi connectivity index (χ4v) is 3.87. The minimum absolute atomic E-state index is 0.884. The summed E-state index contributed by atoms with van der Waals surface area (Å²) in [6, 6.07) is 31.1. The smallest absolute Gasteiger partial charge is 0.143 e. The summed E-state index contributed by atoms with van der Waals surface area (Å²) in [4.78, 5) is 8.08. The second-order valence-electron chi connectivity index (χ2n) is 6.96. The van der Waals surface area contributed by atoms with Crippen LogP contribution in [0.25, 0.3) is 55.5 Å². The SMILES string of the molecule is c1ccc2[nH]c(-c3ccc(-c4cccc5c4oc4ccccc45)cc3)nc2c1. The molecule has 132 valence electrons. The number of imidazole rings is 1. The summed E-state index contributed by atoms with van der Waals surface area (Å²) in [6.07, 6.45) is 0. The highest BCUT2D eigenvalue weighted by Gasteiger charge is 2.12. The Balaban J connectivity index is 1.47. The largest absolute Gasteiger partial charge is 0.455 e. The zero-order chi connectivity index (χ0) is 18.5. The second kappa shape index (κ2) is 5.83. The van der Waals surface area contributed by atoms with Gasteiger partial charge in [-0.1, -0.05) is 72.8 Å². The number of rotatable bonds is 2. The van der Waals surface area contributed by atoms with Gasteiger partial charge < -0.3 is 9.40 Å². The molecule has 0 amide bonds. The highest BCUT2D eigenvalue weighted by Crippen LogP contribution is 2.36. The molecule has 0 saturated carbocycles. The van der Waals surface area contributed by atoms with Crippen molar-refractivity contribution in [3.05, 3.63) is 91.0 Å². The Morgan fingerprint density at radius 3 is 2.29 bits per heavy atom. The fourth-order valence-electron chi connectivity index (χ4n) is 3.87. The Hall–Kier alpha value is -3.85. The predicted molar refractivity (Wildman–Crippen MR) is 114 cm³/mol. The van der Waals surface area contributed by atoms with E-state index in [2.05, 4.69) is 53.5 Å². The minimum Gasteiger partial charge on any atom is -0.455 e. The highest BCUT2D eigenvalue weighted by atomic mass is 16.3. The minimum atomic E-state index is 0.884. The molecular weight excluding hydrogens is 344 g/mol. The van der Waals surface area contributed by atoms with Crippen LogP contribution in [0.2, 0.25) is 0 Å². The van der Waals surface area contributed by atoms with Crippen molar-refractivity contribution in [1.82, 2.24) is 9.97 Å². The normalized spacial score (nSPS) is 11.6. The molecule has 6 rings (SSSR count). The summed E-state index contributed by atoms with van der Waals surface area (Å²) in [5.41, 5.74) is 7.18. The lowest BCUT2D eigenvalue weighted by Gasteiger charge is -2.04. The zero-order valence-electron chi connectivity index (χ0n) is 15.0. The van der Waals surface area contributed by atoms with Gasteiger partial charge >= 0.3 is 0 Å². The van der Waals surface area contributed by atoms with E-state index in [0.29, 0.717) is 0 Å². The first kappa shape index (κ1) is 15.2. The van der Waals surface area contributed by atoms with Gasteiger partial charge in [0.25, 0.3) is 0 Å². The molecule has 0 aliphatic heterocycles. The molecule has 3 nitrogen and oxygen atoms in total. The van der Waals surface area contributed by atoms with E-state index in [9.17, 15) is 0 Å². The Morgan fingerprint density at radius 2 is 1.39 bits per heavy atom. The van der Waals surface area contributed by atoms with Crippen molar-refractivity contribution in [2.45, 2.75) is 0 Å². The van der Waals surface area contributed by atoms with Crippen LogP contribution in [0.15, 0.2) is 95.4 Å². The van der Waals surface area contributed by atoms with Crippen LogP contribution >= 0.6 is 0 Å². The van der Waals surface area contributed by atoms with Gasteiger partial charge in [0.05, 0.1) is 11.0 Å². The maximum Gasteiger partial charge on any atom is 0.143 e. The average Bonchev–Trinajstić information content (AvgIpc) is 3.35. The number of benzene rings is 4. The van der Waals surface area contributed by atoms with Crippen LogP contribution in [0.4, 0.5) is 0 Å². The number of nitrogens with one attached hydrogen (secondary N) is 1. The van der Waals surface area contributed by atoms with Crippen LogP contribution < -0.4 is 0 Å². The average molecular weight is 360 g/mol. The molecule has 0 radical (unpaired) electrons. The van der Waals surface area contributed by atoms with Crippen LogP contribution in [0, 0.1) is 0 Å². The number of aromatic amines is 1. The van der Waals surface area contributed by atoms with Gasteiger partial charge in [0, 0.05) is 21.9 Å². The van der Waals surface area contributed by atoms with E-state index in [4.69, 9.17) is 9.40 Å². The lowest BCUT2D eigenvalue weighted by molar-refractivity contribution is 0.670. The summed E-state index contributed by atoms with van der Waals surface area (Å²) < 4.78 is 6.17. The third-order valence-corrected chi connectivity index (χ3v) is 5.26. The van der Waals surface area contributed by atoms with Crippen molar-refractivity contribution in [3.8, 4) is 22.5 Å². The maximum atomic E-state index is 6.17. The number of H-pyrrole nitrogens is 1. The summed E-state index contributed by atoms with van der Waals surface area (Å²) in [5, 5.41) is 2.30. The van der Waals surface area contributed by atoms with Gasteiger partial charge in [-0.05, 0) is 23.8 Å². The molecule has 28 heavy (non-hydrogen) atoms. The molecule has 6 aromatic rings. The fraction of sp³-hybridized carbons (Fsp3) is 0. The molecule has 0 bridgehead atoms. The lowest BCUT2D eigenvalue weighted by atomic mass is 10.0. The van der Waals surface area contributed by atoms with Crippen molar-refractivity contribution in [1.29, 1.82) is 0 Å². The van der Waals surface area contributed by atoms with Gasteiger partial charge in [0.15, 0.2) is 0 Å². The molecule has 0 spiro atoms. The monoisotopic (exact) mass is 360 g/mol. The van der Waals surface area contributed by atoms with Crippen molar-refractivity contribution < 1.29 is 4.42 Å². The van der Waals surface area contributed by atoms with Crippen molar-refractivity contribution in [2.24, 2.45) is 0 Å². The highest BCUT2D eigenvalue weighted by molar-refractivity contribution is 6.09. The molecule has 0 atom stereocenters. The van der Waals surface area contributed by atoms with E-state index < -0.39 is 0 Å². The molecule has 2 heterocycles. The van der Waals surface area contributed by atoms with E-state index in [1.807, 2.05) is 42.5 Å². The Kier molecular flexibility index (Phi) is 3.17. The first-order valence-corrected chi connectivity index (χ1v) is 9.33. The van der Waals surface area contributed by atoms with Crippen LogP contribution in [0.3, 0.4) is 0 Å². The van der Waals surface area contributed by atoms with Crippen LogP contribution in [0.5, 0.6) is 0 Å². The molecular formula is C25H16N2O. The zero-order valence-corrected chi connectivity index (χ0v) is 15.0. The summed E-state index contributed by atoms with van der Waals surface area (Å²) in [7, 11) is 0. The van der Waals surface area contributed by atoms with Crippen LogP contribution in [-0.2, 0) is 0 Å². The third kappa shape index (κ3) is 2.26. The van der Waals surface area contributed by atoms with E-state index in [1.54, 1.807) is 0 Å². The number of hydrogen-bond donors (Lipinski definition) is 1. The predicted octanol–water partition coefficient (Wildman–Crippen LogP) is 6.80. The molecule has 1 N–H and O–H groups in total. The Morgan fingerprint density at radius 1 is 0.643 bits per heavy atom. The Labute approximate surface area is 161 Å². The number of nitrogens with zero attached hydrogens (tertiary/aromatic N) is 1. The first-order valence-electron chi connectivity index (χ1n) is 9.33. The van der Waals surface area contributed by atoms with Crippen LogP contribution in [0.1, 0.15) is 0 Å². The molecule has 4 aromatic carbocycles. The maximum absolute atomic E-state index is 6.17. The second-order valence-corrected chi connectivity index (χ2v) is 6.96. The first-order chi connectivity index (χ1) is 13.9. The van der Waals surface area contributed by atoms with Gasteiger partial charge in [0.1, 0.15) is 17.0 Å². The summed E-state index contributed by atoms with van der Waals surface area (Å²) in [5.74, 6) is 0.884. The quantitative estimate of drug-likeness (QED) is 0.369. The Bertz CT molecular complexity index is 1420. The standard InChI is InChI=1S/C25H16N2O/c1-4-11-23-19(6-1)20-8-5-7-18(24(20)28-23)16-12-14-17(15-13-16)25-26-21-9-2-3-10-22(21)27-25/h1-15H,(H,26,27). The van der Waals surface area contributed by atoms with Gasteiger partial charge in [0.2, 0.25) is 0 Å². The van der Waals surface area contributed by atoms with Crippen molar-refractivity contribution >= 4 is 33.0 Å². The molecule has 0 aliphatic carbocycles. The van der Waals surface area contributed by atoms with Crippen LogP contribution in [-0.4, -0.2) is 9.97 Å². The van der Waals surface area contributed by atoms with Gasteiger partial charge in [-0.15, -0.1) is 0 Å². The number of furan rings is 1. The molecule has 0 aliphatic rings. The molecule has 0 fully saturated rings. The van der Waals surface area contributed by atoms with E-state index in [1.165, 1.54) is 0 Å². The van der Waals surface area contributed by atoms with E-state index in [-0.39, 0.29) is 0 Å². The molecule has 3 heteroatoms. The molecule has 0 saturated heterocycles. The van der Waals surface area contributed by atoms with E-state index in [0.717, 1.165) is 55.5 Å². The third-order valence-electron chi connectivity index (χ3n) is 5.26. The lowest BCUT2D eigenvalue weighted by Crippen LogP contribution is -1.82. The molecule has 0 unspecified atom stereocenters. The van der Waals surface area contributed by atoms with Gasteiger partial charge in [-0.25, -0.2) is 4.98 Å². The summed E-state index contributed by atoms with van der Waals surface area (Å²) in [6.45, 7) is 0. The number of fused-ring (bicyclic) bond motifs is 4. The van der Waals surface area contributed by atoms with E-state index >= 15 is 0 Å². The summed E-state index contributed by atoms with van der Waals surface area (Å²) >= 11 is 0. The number of hydrogen-bond acceptors (Lipinski definition) is 2. The van der Waals surface area contributed by atoms with Gasteiger partial charge in [-0.3, -0.25) is 0 Å². The van der Waals surface area contributed by atoms with Crippen molar-refractivity contribution in [2.75, 3.05) is 0 Å². The van der Waals surface area contributed by atoms with Crippen molar-refractivity contribution in [3.63, 3.8) is 0 Å². The number of para-hydroxylation sites is 4. The molecule has 2 aromatic heterocycles. The number of aromatic nitrogens is 2. The topological polar surface area (TPSA) is 41.8 Å². The van der Waals surface area contributed by atoms with Gasteiger partial charge in [-0.2, -0.15) is 0 Å².